The van der Waals surface area contributed by atoms with E-state index in [9.17, 15) is 0 Å². The molecule has 0 bridgehead atoms. The van der Waals surface area contributed by atoms with Gasteiger partial charge in [0.05, 0.1) is 12.4 Å². The summed E-state index contributed by atoms with van der Waals surface area (Å²) >= 11 is 1.65. The van der Waals surface area contributed by atoms with E-state index in [1.165, 1.54) is 0 Å². The van der Waals surface area contributed by atoms with Gasteiger partial charge in [-0.1, -0.05) is 5.16 Å². The Hall–Kier alpha value is -1.30. The fourth-order valence-corrected chi connectivity index (χ4v) is 0.796. The monoisotopic (exact) mass is 184 g/mol. The first-order chi connectivity index (χ1) is 6.00. The van der Waals surface area contributed by atoms with E-state index in [-0.39, 0.29) is 0 Å². The zero-order valence-corrected chi connectivity index (χ0v) is 7.07. The van der Waals surface area contributed by atoms with Gasteiger partial charge in [0, 0.05) is 6.20 Å². The summed E-state index contributed by atoms with van der Waals surface area (Å²) < 4.78 is 0. The molecule has 0 unspecified atom stereocenters. The molecule has 0 atom stereocenters. The Labute approximate surface area is 74.2 Å². The smallest absolute Gasteiger partial charge is 0.110 e. The van der Waals surface area contributed by atoms with Crippen molar-refractivity contribution in [2.75, 3.05) is 5.88 Å². The van der Waals surface area contributed by atoms with Crippen molar-refractivity contribution in [3.8, 4) is 0 Å². The molecule has 0 saturated carbocycles. The molecule has 5 nitrogen and oxygen atoms in total. The lowest BCUT2D eigenvalue weighted by Crippen LogP contribution is -2.03. The third-order valence-electron chi connectivity index (χ3n) is 0.854. The van der Waals surface area contributed by atoms with Crippen LogP contribution < -0.4 is 5.48 Å². The molecule has 0 radical (unpaired) electrons. The van der Waals surface area contributed by atoms with E-state index in [0.717, 1.165) is 5.88 Å². The maximum absolute atomic E-state index is 4.30. The van der Waals surface area contributed by atoms with Crippen LogP contribution in [0.15, 0.2) is 39.3 Å². The van der Waals surface area contributed by atoms with Crippen molar-refractivity contribution in [1.82, 2.24) is 5.48 Å². The van der Waals surface area contributed by atoms with Crippen LogP contribution in [0.4, 0.5) is 0 Å². The number of hydroxylamine groups is 1. The SMILES string of the molecule is C1=CNON=C1.C1=CSCN=N1. The fraction of sp³-hybridized carbons (Fsp3) is 0.167. The normalized spacial score (nSPS) is 17.3. The Balaban J connectivity index is 0.000000120. The Morgan fingerprint density at radius 2 is 2.50 bits per heavy atom. The number of allylic oxidation sites excluding steroid dienone is 1. The van der Waals surface area contributed by atoms with Crippen LogP contribution in [0.25, 0.3) is 0 Å². The zero-order chi connectivity index (χ0) is 8.49. The van der Waals surface area contributed by atoms with Gasteiger partial charge in [-0.05, 0) is 11.5 Å². The molecule has 12 heavy (non-hydrogen) atoms. The molecule has 0 saturated heterocycles. The molecular weight excluding hydrogens is 176 g/mol. The second kappa shape index (κ2) is 6.41. The molecule has 2 rings (SSSR count). The van der Waals surface area contributed by atoms with Gasteiger partial charge in [0.15, 0.2) is 0 Å². The largest absolute Gasteiger partial charge is 0.271 e. The lowest BCUT2D eigenvalue weighted by Gasteiger charge is -1.94. The Bertz CT molecular complexity index is 176. The molecule has 0 fully saturated rings. The van der Waals surface area contributed by atoms with E-state index >= 15 is 0 Å². The zero-order valence-electron chi connectivity index (χ0n) is 6.25. The van der Waals surface area contributed by atoms with Crippen LogP contribution >= 0.6 is 11.8 Å². The summed E-state index contributed by atoms with van der Waals surface area (Å²) in [4.78, 5) is 4.30. The molecule has 2 aliphatic rings. The van der Waals surface area contributed by atoms with Crippen LogP contribution in [0.3, 0.4) is 0 Å². The molecule has 0 aromatic carbocycles. The van der Waals surface area contributed by atoms with Gasteiger partial charge in [0.1, 0.15) is 5.88 Å². The third-order valence-corrected chi connectivity index (χ3v) is 1.43. The van der Waals surface area contributed by atoms with Gasteiger partial charge in [-0.3, -0.25) is 4.94 Å². The summed E-state index contributed by atoms with van der Waals surface area (Å²) in [6.45, 7) is 0. The van der Waals surface area contributed by atoms with Gasteiger partial charge in [0.2, 0.25) is 0 Å². The van der Waals surface area contributed by atoms with Gasteiger partial charge < -0.3 is 0 Å². The standard InChI is InChI=1S/C3H4N2O.C3H4N2S/c1-2-4-6-5-3-1;1-2-6-3-5-4-1/h1-4H;1-2H,3H2. The molecule has 0 amide bonds. The van der Waals surface area contributed by atoms with Crippen molar-refractivity contribution in [2.45, 2.75) is 0 Å². The second-order valence-electron chi connectivity index (χ2n) is 1.66. The van der Waals surface area contributed by atoms with Crippen molar-refractivity contribution in [2.24, 2.45) is 15.4 Å². The number of thioether (sulfide) groups is 1. The van der Waals surface area contributed by atoms with Crippen molar-refractivity contribution in [3.63, 3.8) is 0 Å². The van der Waals surface area contributed by atoms with Crippen LogP contribution in [-0.2, 0) is 4.94 Å². The highest BCUT2D eigenvalue weighted by Crippen LogP contribution is 2.06. The maximum Gasteiger partial charge on any atom is 0.110 e. The molecule has 64 valence electrons. The second-order valence-corrected chi connectivity index (χ2v) is 2.52. The summed E-state index contributed by atoms with van der Waals surface area (Å²) in [5, 5.41) is 12.6. The predicted molar refractivity (Wildman–Crippen MR) is 48.3 cm³/mol. The molecule has 2 heterocycles. The highest BCUT2D eigenvalue weighted by molar-refractivity contribution is 8.02. The quantitative estimate of drug-likeness (QED) is 0.622. The first kappa shape index (κ1) is 8.79. The van der Waals surface area contributed by atoms with E-state index in [4.69, 9.17) is 0 Å². The number of oxime groups is 1. The average molecular weight is 184 g/mol. The Kier molecular flexibility index (Phi) is 4.70. The summed E-state index contributed by atoms with van der Waals surface area (Å²) in [6.07, 6.45) is 6.63. The van der Waals surface area contributed by atoms with Crippen LogP contribution in [0, 0.1) is 0 Å². The number of nitrogens with zero attached hydrogens (tertiary/aromatic N) is 3. The van der Waals surface area contributed by atoms with Crippen molar-refractivity contribution in [3.05, 3.63) is 23.9 Å². The van der Waals surface area contributed by atoms with Crippen molar-refractivity contribution in [1.29, 1.82) is 0 Å². The lowest BCUT2D eigenvalue weighted by atomic mass is 10.7. The topological polar surface area (TPSA) is 58.3 Å². The number of nitrogens with one attached hydrogen (secondary N) is 1. The molecular formula is C6H8N4OS. The summed E-state index contributed by atoms with van der Waals surface area (Å²) in [7, 11) is 0. The minimum Gasteiger partial charge on any atom is -0.271 e. The molecule has 0 spiro atoms. The van der Waals surface area contributed by atoms with Crippen LogP contribution in [0.1, 0.15) is 0 Å². The first-order valence-electron chi connectivity index (χ1n) is 3.23. The van der Waals surface area contributed by atoms with Crippen LogP contribution in [-0.4, -0.2) is 12.1 Å². The molecule has 0 aliphatic carbocycles. The Morgan fingerprint density at radius 3 is 2.67 bits per heavy atom. The van der Waals surface area contributed by atoms with E-state index < -0.39 is 0 Å². The highest BCUT2D eigenvalue weighted by Gasteiger charge is 1.79. The van der Waals surface area contributed by atoms with E-state index in [1.807, 2.05) is 5.41 Å². The van der Waals surface area contributed by atoms with Crippen LogP contribution in [0.5, 0.6) is 0 Å². The summed E-state index contributed by atoms with van der Waals surface area (Å²) in [5.41, 5.74) is 2.41. The number of azo groups is 1. The van der Waals surface area contributed by atoms with Gasteiger partial charge in [-0.15, -0.1) is 11.8 Å². The predicted octanol–water partition coefficient (Wildman–Crippen LogP) is 1.63. The number of rotatable bonds is 0. The molecule has 1 N–H and O–H groups in total. The van der Waals surface area contributed by atoms with Gasteiger partial charge in [-0.2, -0.15) is 10.2 Å². The minimum absolute atomic E-state index is 0.788. The Morgan fingerprint density at radius 1 is 1.50 bits per heavy atom. The van der Waals surface area contributed by atoms with E-state index in [0.29, 0.717) is 0 Å². The van der Waals surface area contributed by atoms with Crippen molar-refractivity contribution < 1.29 is 4.94 Å². The average Bonchev–Trinajstić information content (AvgIpc) is 2.24. The number of hydrogen-bond donors (Lipinski definition) is 1. The van der Waals surface area contributed by atoms with Gasteiger partial charge >= 0.3 is 0 Å². The molecule has 0 aromatic heterocycles. The van der Waals surface area contributed by atoms with E-state index in [1.54, 1.807) is 36.5 Å². The summed E-state index contributed by atoms with van der Waals surface area (Å²) in [6, 6.07) is 0. The lowest BCUT2D eigenvalue weighted by molar-refractivity contribution is 0.0769. The van der Waals surface area contributed by atoms with E-state index in [2.05, 4.69) is 25.8 Å². The molecule has 2 aliphatic heterocycles. The highest BCUT2D eigenvalue weighted by atomic mass is 32.2. The third kappa shape index (κ3) is 4.51. The van der Waals surface area contributed by atoms with Crippen molar-refractivity contribution >= 4 is 18.0 Å². The van der Waals surface area contributed by atoms with Gasteiger partial charge in [-0.25, -0.2) is 5.48 Å². The fourth-order valence-electron chi connectivity index (χ4n) is 0.436. The first-order valence-corrected chi connectivity index (χ1v) is 4.28. The number of hydrogen-bond acceptors (Lipinski definition) is 6. The molecule has 6 heteroatoms. The molecule has 0 aromatic rings. The minimum atomic E-state index is 0.788. The summed E-state index contributed by atoms with van der Waals surface area (Å²) in [5.74, 6) is 0.788. The van der Waals surface area contributed by atoms with Crippen LogP contribution in [0.2, 0.25) is 0 Å². The maximum atomic E-state index is 4.30. The van der Waals surface area contributed by atoms with Gasteiger partial charge in [0.25, 0.3) is 0 Å².